The summed E-state index contributed by atoms with van der Waals surface area (Å²) in [5.74, 6) is 0.443. The minimum atomic E-state index is -0.255. The summed E-state index contributed by atoms with van der Waals surface area (Å²) < 4.78 is 4.89. The molecule has 0 aromatic heterocycles. The van der Waals surface area contributed by atoms with Crippen molar-refractivity contribution in [1.82, 2.24) is 0 Å². The fourth-order valence-corrected chi connectivity index (χ4v) is 2.13. The van der Waals surface area contributed by atoms with Gasteiger partial charge in [0.05, 0.1) is 6.61 Å². The molecule has 0 aliphatic carbocycles. The Labute approximate surface area is 131 Å². The zero-order valence-electron chi connectivity index (χ0n) is 14.9. The second kappa shape index (κ2) is 10.6. The number of hydrogen-bond donors (Lipinski definition) is 0. The van der Waals surface area contributed by atoms with Crippen molar-refractivity contribution in [3.8, 4) is 0 Å². The first kappa shape index (κ1) is 19.9. The fourth-order valence-electron chi connectivity index (χ4n) is 2.13. The van der Waals surface area contributed by atoms with Crippen LogP contribution in [0.1, 0.15) is 73.6 Å². The molecular formula is C19H34O2. The molecule has 0 saturated carbocycles. The van der Waals surface area contributed by atoms with Crippen LogP contribution in [0.4, 0.5) is 0 Å². The summed E-state index contributed by atoms with van der Waals surface area (Å²) >= 11 is 0. The largest absolute Gasteiger partial charge is 0.463 e. The second-order valence-electron chi connectivity index (χ2n) is 6.79. The molecule has 0 fully saturated rings. The normalized spacial score (nSPS) is 14.5. The van der Waals surface area contributed by atoms with Crippen molar-refractivity contribution in [3.05, 3.63) is 23.8 Å². The van der Waals surface area contributed by atoms with Crippen LogP contribution in [-0.2, 0) is 9.53 Å². The summed E-state index contributed by atoms with van der Waals surface area (Å²) in [6.45, 7) is 13.4. The van der Waals surface area contributed by atoms with Crippen molar-refractivity contribution in [1.29, 1.82) is 0 Å². The molecule has 0 rings (SSSR count). The van der Waals surface area contributed by atoms with Crippen LogP contribution in [0.3, 0.4) is 0 Å². The third-order valence-corrected chi connectivity index (χ3v) is 4.06. The molecule has 2 nitrogen and oxygen atoms in total. The molecule has 0 heterocycles. The molecule has 2 heteroatoms. The van der Waals surface area contributed by atoms with Crippen molar-refractivity contribution < 1.29 is 9.53 Å². The summed E-state index contributed by atoms with van der Waals surface area (Å²) in [7, 11) is 0. The van der Waals surface area contributed by atoms with Gasteiger partial charge in [0.15, 0.2) is 0 Å². The molecule has 122 valence electrons. The Balaban J connectivity index is 3.99. The van der Waals surface area contributed by atoms with E-state index in [1.165, 1.54) is 25.7 Å². The van der Waals surface area contributed by atoms with E-state index in [2.05, 4.69) is 33.8 Å². The number of carbonyl (C=O) groups excluding carboxylic acids is 1. The van der Waals surface area contributed by atoms with Crippen LogP contribution in [0.25, 0.3) is 0 Å². The van der Waals surface area contributed by atoms with Gasteiger partial charge in [-0.1, -0.05) is 59.1 Å². The molecule has 0 radical (unpaired) electrons. The second-order valence-corrected chi connectivity index (χ2v) is 6.79. The van der Waals surface area contributed by atoms with Gasteiger partial charge in [-0.2, -0.15) is 0 Å². The SMILES string of the molecule is CCOC(=O)/C=C(C)/C=C/CC(C)CCCC(C)(C)CC. The first-order valence-corrected chi connectivity index (χ1v) is 8.32. The average molecular weight is 294 g/mol. The third-order valence-electron chi connectivity index (χ3n) is 4.06. The lowest BCUT2D eigenvalue weighted by atomic mass is 9.83. The zero-order valence-corrected chi connectivity index (χ0v) is 14.9. The van der Waals surface area contributed by atoms with Crippen molar-refractivity contribution in [2.24, 2.45) is 11.3 Å². The lowest BCUT2D eigenvalue weighted by molar-refractivity contribution is -0.137. The molecule has 0 saturated heterocycles. The number of esters is 1. The van der Waals surface area contributed by atoms with Crippen LogP contribution in [0, 0.1) is 11.3 Å². The predicted octanol–water partition coefficient (Wildman–Crippen LogP) is 5.68. The summed E-state index contributed by atoms with van der Waals surface area (Å²) in [6, 6.07) is 0. The van der Waals surface area contributed by atoms with Crippen LogP contribution in [0.15, 0.2) is 23.8 Å². The molecule has 0 aliphatic rings. The number of hydrogen-bond acceptors (Lipinski definition) is 2. The van der Waals surface area contributed by atoms with Crippen LogP contribution < -0.4 is 0 Å². The Bertz CT molecular complexity index is 351. The van der Waals surface area contributed by atoms with Gasteiger partial charge < -0.3 is 4.74 Å². The van der Waals surface area contributed by atoms with Crippen molar-refractivity contribution in [2.75, 3.05) is 6.61 Å². The summed E-state index contributed by atoms with van der Waals surface area (Å²) in [5, 5.41) is 0. The van der Waals surface area contributed by atoms with Crippen LogP contribution in [-0.4, -0.2) is 12.6 Å². The van der Waals surface area contributed by atoms with Gasteiger partial charge in [-0.25, -0.2) is 4.79 Å². The predicted molar refractivity (Wildman–Crippen MR) is 91.2 cm³/mol. The van der Waals surface area contributed by atoms with Gasteiger partial charge in [0.1, 0.15) is 0 Å². The Hall–Kier alpha value is -1.05. The lowest BCUT2D eigenvalue weighted by Gasteiger charge is -2.23. The molecule has 1 atom stereocenters. The number of ether oxygens (including phenoxy) is 1. The Morgan fingerprint density at radius 1 is 1.29 bits per heavy atom. The Morgan fingerprint density at radius 2 is 1.95 bits per heavy atom. The highest BCUT2D eigenvalue weighted by Gasteiger charge is 2.14. The minimum absolute atomic E-state index is 0.255. The smallest absolute Gasteiger partial charge is 0.330 e. The van der Waals surface area contributed by atoms with E-state index in [4.69, 9.17) is 4.74 Å². The van der Waals surface area contributed by atoms with Gasteiger partial charge in [0, 0.05) is 6.08 Å². The third kappa shape index (κ3) is 11.3. The average Bonchev–Trinajstić information content (AvgIpc) is 2.38. The molecule has 1 unspecified atom stereocenters. The van der Waals surface area contributed by atoms with E-state index in [-0.39, 0.29) is 5.97 Å². The molecule has 21 heavy (non-hydrogen) atoms. The maximum absolute atomic E-state index is 11.3. The van der Waals surface area contributed by atoms with Crippen LogP contribution in [0.2, 0.25) is 0 Å². The van der Waals surface area contributed by atoms with Gasteiger partial charge in [0.2, 0.25) is 0 Å². The number of allylic oxidation sites excluding steroid dienone is 3. The maximum Gasteiger partial charge on any atom is 0.330 e. The topological polar surface area (TPSA) is 26.3 Å². The van der Waals surface area contributed by atoms with E-state index in [1.54, 1.807) is 6.08 Å². The highest BCUT2D eigenvalue weighted by atomic mass is 16.5. The van der Waals surface area contributed by atoms with E-state index in [9.17, 15) is 4.79 Å². The van der Waals surface area contributed by atoms with E-state index in [0.29, 0.717) is 17.9 Å². The maximum atomic E-state index is 11.3. The molecule has 0 bridgehead atoms. The minimum Gasteiger partial charge on any atom is -0.463 e. The molecule has 0 amide bonds. The highest BCUT2D eigenvalue weighted by Crippen LogP contribution is 2.28. The van der Waals surface area contributed by atoms with Gasteiger partial charge in [-0.3, -0.25) is 0 Å². The van der Waals surface area contributed by atoms with Gasteiger partial charge >= 0.3 is 5.97 Å². The highest BCUT2D eigenvalue weighted by molar-refractivity contribution is 5.83. The number of rotatable bonds is 10. The van der Waals surface area contributed by atoms with Gasteiger partial charge in [-0.05, 0) is 43.6 Å². The molecule has 0 spiro atoms. The molecule has 0 aliphatic heterocycles. The van der Waals surface area contributed by atoms with Crippen LogP contribution in [0.5, 0.6) is 0 Å². The summed E-state index contributed by atoms with van der Waals surface area (Å²) in [4.78, 5) is 11.3. The standard InChI is InChI=1S/C19H34O2/c1-7-19(5,6)14-10-13-16(3)11-9-12-17(4)15-18(20)21-8-2/h9,12,15-16H,7-8,10-11,13-14H2,1-6H3/b12-9+,17-15+. The first-order valence-electron chi connectivity index (χ1n) is 8.32. The Morgan fingerprint density at radius 3 is 2.52 bits per heavy atom. The first-order chi connectivity index (χ1) is 9.80. The van der Waals surface area contributed by atoms with E-state index in [0.717, 1.165) is 12.0 Å². The molecule has 0 aromatic rings. The van der Waals surface area contributed by atoms with Crippen molar-refractivity contribution >= 4 is 5.97 Å². The van der Waals surface area contributed by atoms with Crippen LogP contribution >= 0.6 is 0 Å². The van der Waals surface area contributed by atoms with Gasteiger partial charge in [-0.15, -0.1) is 0 Å². The molecular weight excluding hydrogens is 260 g/mol. The van der Waals surface area contributed by atoms with E-state index in [1.807, 2.05) is 19.9 Å². The lowest BCUT2D eigenvalue weighted by Crippen LogP contribution is -2.09. The fraction of sp³-hybridized carbons (Fsp3) is 0.737. The van der Waals surface area contributed by atoms with E-state index < -0.39 is 0 Å². The zero-order chi connectivity index (χ0) is 16.3. The Kier molecular flexibility index (Phi) is 10.1. The summed E-state index contributed by atoms with van der Waals surface area (Å²) in [5.41, 5.74) is 1.43. The molecule has 0 N–H and O–H groups in total. The van der Waals surface area contributed by atoms with E-state index >= 15 is 0 Å². The van der Waals surface area contributed by atoms with Crippen molar-refractivity contribution in [3.63, 3.8) is 0 Å². The number of carbonyl (C=O) groups is 1. The van der Waals surface area contributed by atoms with Crippen molar-refractivity contribution in [2.45, 2.75) is 73.6 Å². The monoisotopic (exact) mass is 294 g/mol. The summed E-state index contributed by atoms with van der Waals surface area (Å²) in [6.07, 6.45) is 11.9. The quantitative estimate of drug-likeness (QED) is 0.294. The molecule has 0 aromatic carbocycles. The van der Waals surface area contributed by atoms with Gasteiger partial charge in [0.25, 0.3) is 0 Å².